The zero-order chi connectivity index (χ0) is 19.3. The Morgan fingerprint density at radius 2 is 1.75 bits per heavy atom. The molecule has 0 atom stereocenters. The fraction of sp³-hybridized carbons (Fsp3) is 0.273. The van der Waals surface area contributed by atoms with Gasteiger partial charge >= 0.3 is 0 Å². The van der Waals surface area contributed by atoms with E-state index in [1.807, 2.05) is 36.4 Å². The summed E-state index contributed by atoms with van der Waals surface area (Å²) in [5.41, 5.74) is 2.31. The van der Waals surface area contributed by atoms with Gasteiger partial charge in [0.2, 0.25) is 0 Å². The van der Waals surface area contributed by atoms with E-state index < -0.39 is 0 Å². The van der Waals surface area contributed by atoms with Crippen LogP contribution in [-0.4, -0.2) is 54.2 Å². The van der Waals surface area contributed by atoms with E-state index in [0.29, 0.717) is 4.91 Å². The molecule has 4 rings (SSSR count). The van der Waals surface area contributed by atoms with Crippen LogP contribution >= 0.6 is 11.8 Å². The van der Waals surface area contributed by atoms with Gasteiger partial charge in [0.15, 0.2) is 5.17 Å². The third-order valence-corrected chi connectivity index (χ3v) is 5.96. The summed E-state index contributed by atoms with van der Waals surface area (Å²) in [5, 5.41) is 0.823. The molecule has 6 heteroatoms. The number of hydrogen-bond acceptors (Lipinski definition) is 5. The van der Waals surface area contributed by atoms with Crippen molar-refractivity contribution >= 4 is 28.9 Å². The quantitative estimate of drug-likeness (QED) is 0.744. The summed E-state index contributed by atoms with van der Waals surface area (Å²) in [5.74, 6) is 0.653. The van der Waals surface area contributed by atoms with Crippen molar-refractivity contribution in [3.8, 4) is 5.75 Å². The summed E-state index contributed by atoms with van der Waals surface area (Å²) < 4.78 is 5.18. The number of benzene rings is 2. The van der Waals surface area contributed by atoms with E-state index in [2.05, 4.69) is 39.1 Å². The minimum absolute atomic E-state index is 0.150. The van der Waals surface area contributed by atoms with E-state index in [1.54, 1.807) is 7.11 Å². The van der Waals surface area contributed by atoms with Crippen LogP contribution in [0.4, 0.5) is 0 Å². The van der Waals surface area contributed by atoms with Gasteiger partial charge in [0.1, 0.15) is 5.75 Å². The molecule has 1 saturated heterocycles. The van der Waals surface area contributed by atoms with Gasteiger partial charge in [-0.15, -0.1) is 0 Å². The standard InChI is InChI=1S/C22H23N3O2S/c1-27-19-9-7-17(8-10-19)15-20-21(26)23-22(28-20)25-13-11-24(12-14-25)16-18-5-3-2-4-6-18/h2-10,15H,11-14,16H2,1H3/b20-15+. The Bertz CT molecular complexity index is 886. The van der Waals surface area contributed by atoms with Crippen LogP contribution in [0.3, 0.4) is 0 Å². The molecule has 0 unspecified atom stereocenters. The number of thioether (sulfide) groups is 1. The number of amides is 1. The summed E-state index contributed by atoms with van der Waals surface area (Å²) in [6.07, 6.45) is 1.90. The fourth-order valence-electron chi connectivity index (χ4n) is 3.32. The van der Waals surface area contributed by atoms with Gasteiger partial charge in [-0.2, -0.15) is 4.99 Å². The highest BCUT2D eigenvalue weighted by Gasteiger charge is 2.28. The molecule has 2 aliphatic heterocycles. The van der Waals surface area contributed by atoms with Crippen molar-refractivity contribution in [2.75, 3.05) is 33.3 Å². The first-order chi connectivity index (χ1) is 13.7. The van der Waals surface area contributed by atoms with E-state index in [1.165, 1.54) is 17.3 Å². The van der Waals surface area contributed by atoms with Gasteiger partial charge in [-0.05, 0) is 41.1 Å². The predicted molar refractivity (Wildman–Crippen MR) is 114 cm³/mol. The number of methoxy groups -OCH3 is 1. The zero-order valence-corrected chi connectivity index (χ0v) is 16.7. The van der Waals surface area contributed by atoms with Crippen molar-refractivity contribution in [2.24, 2.45) is 4.99 Å². The van der Waals surface area contributed by atoms with Gasteiger partial charge in [-0.3, -0.25) is 9.69 Å². The number of nitrogens with zero attached hydrogens (tertiary/aromatic N) is 3. The minimum Gasteiger partial charge on any atom is -0.497 e. The molecule has 144 valence electrons. The van der Waals surface area contributed by atoms with E-state index >= 15 is 0 Å². The van der Waals surface area contributed by atoms with Gasteiger partial charge in [0.05, 0.1) is 12.0 Å². The van der Waals surface area contributed by atoms with E-state index in [9.17, 15) is 4.79 Å². The second-order valence-electron chi connectivity index (χ2n) is 6.83. The summed E-state index contributed by atoms with van der Waals surface area (Å²) in [4.78, 5) is 22.0. The van der Waals surface area contributed by atoms with Crippen LogP contribution in [0, 0.1) is 0 Å². The molecule has 0 aromatic heterocycles. The molecule has 2 aliphatic rings. The lowest BCUT2D eigenvalue weighted by atomic mass is 10.2. The smallest absolute Gasteiger partial charge is 0.286 e. The van der Waals surface area contributed by atoms with E-state index in [4.69, 9.17) is 4.74 Å². The monoisotopic (exact) mass is 393 g/mol. The SMILES string of the molecule is COc1ccc(/C=C2/SC(N3CCN(Cc4ccccc4)CC3)=NC2=O)cc1. The van der Waals surface area contributed by atoms with Gasteiger partial charge < -0.3 is 9.64 Å². The zero-order valence-electron chi connectivity index (χ0n) is 15.9. The minimum atomic E-state index is -0.150. The summed E-state index contributed by atoms with van der Waals surface area (Å²) in [6.45, 7) is 4.69. The maximum Gasteiger partial charge on any atom is 0.286 e. The largest absolute Gasteiger partial charge is 0.497 e. The number of hydrogen-bond donors (Lipinski definition) is 0. The summed E-state index contributed by atoms with van der Waals surface area (Å²) in [6, 6.07) is 18.2. The second kappa shape index (κ2) is 8.63. The molecule has 0 bridgehead atoms. The topological polar surface area (TPSA) is 45.1 Å². The Morgan fingerprint density at radius 3 is 2.43 bits per heavy atom. The Morgan fingerprint density at radius 1 is 1.04 bits per heavy atom. The first-order valence-electron chi connectivity index (χ1n) is 9.39. The molecule has 2 heterocycles. The van der Waals surface area contributed by atoms with Gasteiger partial charge in [-0.1, -0.05) is 42.5 Å². The second-order valence-corrected chi connectivity index (χ2v) is 7.84. The first-order valence-corrected chi connectivity index (χ1v) is 10.2. The van der Waals surface area contributed by atoms with Crippen LogP contribution in [-0.2, 0) is 11.3 Å². The van der Waals surface area contributed by atoms with Gasteiger partial charge in [0, 0.05) is 32.7 Å². The van der Waals surface area contributed by atoms with Crippen LogP contribution < -0.4 is 4.74 Å². The Labute approximate surface area is 169 Å². The van der Waals surface area contributed by atoms with Crippen molar-refractivity contribution in [2.45, 2.75) is 6.54 Å². The number of carbonyl (C=O) groups is 1. The molecule has 0 spiro atoms. The Balaban J connectivity index is 1.34. The summed E-state index contributed by atoms with van der Waals surface area (Å²) >= 11 is 1.47. The van der Waals surface area contributed by atoms with Crippen LogP contribution in [0.1, 0.15) is 11.1 Å². The van der Waals surface area contributed by atoms with Crippen molar-refractivity contribution in [3.63, 3.8) is 0 Å². The predicted octanol–water partition coefficient (Wildman–Crippen LogP) is 3.48. The molecule has 0 aliphatic carbocycles. The lowest BCUT2D eigenvalue weighted by Gasteiger charge is -2.35. The van der Waals surface area contributed by atoms with Crippen LogP contribution in [0.15, 0.2) is 64.5 Å². The van der Waals surface area contributed by atoms with Crippen LogP contribution in [0.2, 0.25) is 0 Å². The van der Waals surface area contributed by atoms with Gasteiger partial charge in [0.25, 0.3) is 5.91 Å². The maximum absolute atomic E-state index is 12.3. The van der Waals surface area contributed by atoms with Crippen LogP contribution in [0.5, 0.6) is 5.75 Å². The van der Waals surface area contributed by atoms with Crippen molar-refractivity contribution < 1.29 is 9.53 Å². The highest BCUT2D eigenvalue weighted by atomic mass is 32.2. The molecule has 0 radical (unpaired) electrons. The molecule has 1 amide bonds. The van der Waals surface area contributed by atoms with Crippen LogP contribution in [0.25, 0.3) is 6.08 Å². The molecule has 2 aromatic carbocycles. The number of ether oxygens (including phenoxy) is 1. The number of rotatable bonds is 4. The highest BCUT2D eigenvalue weighted by Crippen LogP contribution is 2.31. The van der Waals surface area contributed by atoms with E-state index in [-0.39, 0.29) is 5.91 Å². The third kappa shape index (κ3) is 4.46. The lowest BCUT2D eigenvalue weighted by molar-refractivity contribution is -0.113. The number of carbonyl (C=O) groups excluding carboxylic acids is 1. The average Bonchev–Trinajstić information content (AvgIpc) is 3.10. The Kier molecular flexibility index (Phi) is 5.78. The molecular weight excluding hydrogens is 370 g/mol. The molecule has 0 saturated carbocycles. The lowest BCUT2D eigenvalue weighted by Crippen LogP contribution is -2.47. The Hall–Kier alpha value is -2.57. The average molecular weight is 394 g/mol. The van der Waals surface area contributed by atoms with Gasteiger partial charge in [-0.25, -0.2) is 0 Å². The molecule has 5 nitrogen and oxygen atoms in total. The fourth-order valence-corrected chi connectivity index (χ4v) is 4.29. The number of piperazine rings is 1. The number of aliphatic imine (C=N–C) groups is 1. The van der Waals surface area contributed by atoms with E-state index in [0.717, 1.165) is 49.2 Å². The molecule has 0 N–H and O–H groups in total. The van der Waals surface area contributed by atoms with Crippen molar-refractivity contribution in [3.05, 3.63) is 70.6 Å². The molecule has 28 heavy (non-hydrogen) atoms. The normalized spacial score (nSPS) is 19.2. The maximum atomic E-state index is 12.3. The first kappa shape index (κ1) is 18.8. The molecule has 2 aromatic rings. The highest BCUT2D eigenvalue weighted by molar-refractivity contribution is 8.18. The summed E-state index contributed by atoms with van der Waals surface area (Å²) in [7, 11) is 1.64. The van der Waals surface area contributed by atoms with Crippen molar-refractivity contribution in [1.82, 2.24) is 9.80 Å². The molecular formula is C22H23N3O2S. The third-order valence-electron chi connectivity index (χ3n) is 4.91. The number of amidine groups is 1. The molecule has 1 fully saturated rings. The van der Waals surface area contributed by atoms with Crippen molar-refractivity contribution in [1.29, 1.82) is 0 Å².